The highest BCUT2D eigenvalue weighted by Gasteiger charge is 2.16. The van der Waals surface area contributed by atoms with Crippen LogP contribution in [-0.4, -0.2) is 12.6 Å². The Bertz CT molecular complexity index is 385. The van der Waals surface area contributed by atoms with Crippen LogP contribution < -0.4 is 5.32 Å². The number of unbranched alkanes of at least 4 members (excludes halogenated alkanes) is 7. The predicted molar refractivity (Wildman–Crippen MR) is 92.9 cm³/mol. The summed E-state index contributed by atoms with van der Waals surface area (Å²) in [5, 5.41) is 3.77. The van der Waals surface area contributed by atoms with E-state index in [4.69, 9.17) is 0 Å². The number of benzene rings is 1. The van der Waals surface area contributed by atoms with Crippen molar-refractivity contribution in [2.24, 2.45) is 0 Å². The Morgan fingerprint density at radius 1 is 0.905 bits per heavy atom. The van der Waals surface area contributed by atoms with Gasteiger partial charge in [-0.15, -0.1) is 0 Å². The topological polar surface area (TPSA) is 12.0 Å². The molecule has 1 atom stereocenters. The molecule has 1 aliphatic carbocycles. The fourth-order valence-corrected chi connectivity index (χ4v) is 3.44. The first kappa shape index (κ1) is 16.5. The zero-order valence-electron chi connectivity index (χ0n) is 13.9. The van der Waals surface area contributed by atoms with Gasteiger partial charge < -0.3 is 5.32 Å². The Balaban J connectivity index is 1.49. The average molecular weight is 287 g/mol. The Labute approximate surface area is 131 Å². The van der Waals surface area contributed by atoms with E-state index in [1.807, 2.05) is 0 Å². The molecule has 0 radical (unpaired) electrons. The van der Waals surface area contributed by atoms with E-state index in [1.165, 1.54) is 77.2 Å². The largest absolute Gasteiger partial charge is 0.314 e. The van der Waals surface area contributed by atoms with Crippen molar-refractivity contribution >= 4 is 0 Å². The van der Waals surface area contributed by atoms with E-state index < -0.39 is 0 Å². The molecule has 0 aliphatic heterocycles. The van der Waals surface area contributed by atoms with Crippen LogP contribution in [0.15, 0.2) is 24.3 Å². The van der Waals surface area contributed by atoms with Gasteiger partial charge in [-0.05, 0) is 43.4 Å². The van der Waals surface area contributed by atoms with E-state index in [9.17, 15) is 0 Å². The lowest BCUT2D eigenvalue weighted by Gasteiger charge is -2.25. The Morgan fingerprint density at radius 2 is 1.57 bits per heavy atom. The number of hydrogen-bond acceptors (Lipinski definition) is 1. The van der Waals surface area contributed by atoms with Crippen molar-refractivity contribution < 1.29 is 0 Å². The highest BCUT2D eigenvalue weighted by molar-refractivity contribution is 5.30. The van der Waals surface area contributed by atoms with E-state index in [1.54, 1.807) is 11.1 Å². The third kappa shape index (κ3) is 6.22. The van der Waals surface area contributed by atoms with Crippen molar-refractivity contribution in [2.45, 2.75) is 83.6 Å². The molecule has 118 valence electrons. The van der Waals surface area contributed by atoms with Crippen molar-refractivity contribution in [3.8, 4) is 0 Å². The average Bonchev–Trinajstić information content (AvgIpc) is 2.53. The van der Waals surface area contributed by atoms with Crippen molar-refractivity contribution in [2.75, 3.05) is 6.54 Å². The summed E-state index contributed by atoms with van der Waals surface area (Å²) < 4.78 is 0. The van der Waals surface area contributed by atoms with Gasteiger partial charge in [-0.3, -0.25) is 0 Å². The van der Waals surface area contributed by atoms with Gasteiger partial charge in [0.2, 0.25) is 0 Å². The second-order valence-corrected chi connectivity index (χ2v) is 6.64. The molecule has 1 aromatic rings. The molecule has 0 fully saturated rings. The summed E-state index contributed by atoms with van der Waals surface area (Å²) in [6, 6.07) is 9.67. The summed E-state index contributed by atoms with van der Waals surface area (Å²) >= 11 is 0. The summed E-state index contributed by atoms with van der Waals surface area (Å²) in [4.78, 5) is 0. The van der Waals surface area contributed by atoms with E-state index in [0.717, 1.165) is 0 Å². The molecule has 0 amide bonds. The lowest BCUT2D eigenvalue weighted by atomic mass is 9.88. The van der Waals surface area contributed by atoms with E-state index >= 15 is 0 Å². The fourth-order valence-electron chi connectivity index (χ4n) is 3.44. The van der Waals surface area contributed by atoms with Crippen molar-refractivity contribution in [3.63, 3.8) is 0 Å². The van der Waals surface area contributed by atoms with Crippen LogP contribution in [0, 0.1) is 0 Å². The van der Waals surface area contributed by atoms with Crippen LogP contribution in [0.1, 0.15) is 75.8 Å². The Hall–Kier alpha value is -0.820. The van der Waals surface area contributed by atoms with Gasteiger partial charge in [-0.25, -0.2) is 0 Å². The molecule has 0 saturated carbocycles. The second kappa shape index (κ2) is 10.00. The molecule has 1 heteroatoms. The molecular formula is C20H33N. The molecule has 1 N–H and O–H groups in total. The smallest absolute Gasteiger partial charge is 0.0111 e. The zero-order valence-corrected chi connectivity index (χ0v) is 13.9. The van der Waals surface area contributed by atoms with Crippen LogP contribution in [0.25, 0.3) is 0 Å². The van der Waals surface area contributed by atoms with Crippen molar-refractivity contribution in [3.05, 3.63) is 35.4 Å². The maximum atomic E-state index is 3.77. The quantitative estimate of drug-likeness (QED) is 0.578. The highest BCUT2D eigenvalue weighted by atomic mass is 14.9. The number of fused-ring (bicyclic) bond motifs is 1. The molecule has 0 heterocycles. The molecule has 2 rings (SSSR count). The first-order valence-corrected chi connectivity index (χ1v) is 9.20. The van der Waals surface area contributed by atoms with Gasteiger partial charge in [0.15, 0.2) is 0 Å². The Kier molecular flexibility index (Phi) is 7.88. The number of hydrogen-bond donors (Lipinski definition) is 1. The van der Waals surface area contributed by atoms with Crippen LogP contribution in [0.5, 0.6) is 0 Å². The predicted octanol–water partition coefficient (Wildman–Crippen LogP) is 5.27. The molecular weight excluding hydrogens is 254 g/mol. The zero-order chi connectivity index (χ0) is 14.8. The maximum Gasteiger partial charge on any atom is 0.0111 e. The minimum atomic E-state index is 0.712. The summed E-state index contributed by atoms with van der Waals surface area (Å²) in [7, 11) is 0. The minimum Gasteiger partial charge on any atom is -0.314 e. The van der Waals surface area contributed by atoms with Gasteiger partial charge in [0.05, 0.1) is 0 Å². The first-order valence-electron chi connectivity index (χ1n) is 9.20. The fraction of sp³-hybridized carbons (Fsp3) is 0.700. The van der Waals surface area contributed by atoms with Gasteiger partial charge in [0.1, 0.15) is 0 Å². The van der Waals surface area contributed by atoms with E-state index in [-0.39, 0.29) is 0 Å². The maximum absolute atomic E-state index is 3.77. The molecule has 0 aromatic heterocycles. The molecule has 1 nitrogen and oxygen atoms in total. The molecule has 0 saturated heterocycles. The van der Waals surface area contributed by atoms with Crippen LogP contribution in [0.3, 0.4) is 0 Å². The lowest BCUT2D eigenvalue weighted by molar-refractivity contribution is 0.446. The molecule has 1 unspecified atom stereocenters. The SMILES string of the molecule is CCCCCCCCCCNC1CCc2ccccc2C1. The minimum absolute atomic E-state index is 0.712. The summed E-state index contributed by atoms with van der Waals surface area (Å²) in [5.41, 5.74) is 3.14. The number of nitrogens with one attached hydrogen (secondary N) is 1. The lowest BCUT2D eigenvalue weighted by Crippen LogP contribution is -2.35. The molecule has 1 aromatic carbocycles. The standard InChI is InChI=1S/C20H33N/c1-2-3-4-5-6-7-8-11-16-21-20-15-14-18-12-9-10-13-19(18)17-20/h9-10,12-13,20-21H,2-8,11,14-17H2,1H3. The Morgan fingerprint density at radius 3 is 2.33 bits per heavy atom. The third-order valence-electron chi connectivity index (χ3n) is 4.81. The van der Waals surface area contributed by atoms with Gasteiger partial charge in [-0.1, -0.05) is 76.1 Å². The normalized spacial score (nSPS) is 17.7. The van der Waals surface area contributed by atoms with Crippen LogP contribution in [0.2, 0.25) is 0 Å². The van der Waals surface area contributed by atoms with E-state index in [0.29, 0.717) is 6.04 Å². The van der Waals surface area contributed by atoms with Crippen molar-refractivity contribution in [1.29, 1.82) is 0 Å². The summed E-state index contributed by atoms with van der Waals surface area (Å²) in [6.45, 7) is 3.50. The van der Waals surface area contributed by atoms with Crippen LogP contribution in [0.4, 0.5) is 0 Å². The number of aryl methyl sites for hydroxylation is 1. The monoisotopic (exact) mass is 287 g/mol. The van der Waals surface area contributed by atoms with E-state index in [2.05, 4.69) is 36.5 Å². The highest BCUT2D eigenvalue weighted by Crippen LogP contribution is 2.21. The summed E-state index contributed by atoms with van der Waals surface area (Å²) in [5.74, 6) is 0. The van der Waals surface area contributed by atoms with Gasteiger partial charge in [0, 0.05) is 6.04 Å². The van der Waals surface area contributed by atoms with Crippen molar-refractivity contribution in [1.82, 2.24) is 5.32 Å². The first-order chi connectivity index (χ1) is 10.4. The van der Waals surface area contributed by atoms with Crippen LogP contribution in [-0.2, 0) is 12.8 Å². The molecule has 21 heavy (non-hydrogen) atoms. The molecule has 0 spiro atoms. The number of rotatable bonds is 10. The van der Waals surface area contributed by atoms with Gasteiger partial charge in [-0.2, -0.15) is 0 Å². The van der Waals surface area contributed by atoms with Gasteiger partial charge >= 0.3 is 0 Å². The molecule has 0 bridgehead atoms. The summed E-state index contributed by atoms with van der Waals surface area (Å²) in [6.07, 6.45) is 15.1. The van der Waals surface area contributed by atoms with Gasteiger partial charge in [0.25, 0.3) is 0 Å². The second-order valence-electron chi connectivity index (χ2n) is 6.64. The molecule has 1 aliphatic rings. The third-order valence-corrected chi connectivity index (χ3v) is 4.81. The van der Waals surface area contributed by atoms with Crippen LogP contribution >= 0.6 is 0 Å².